The Bertz CT molecular complexity index is 359. The Morgan fingerprint density at radius 3 is 1.95 bits per heavy atom. The minimum atomic E-state index is -1.33. The average molecular weight is 356 g/mol. The maximum Gasteiger partial charge on any atom is 0.402 e. The molecule has 1 aliphatic heterocycles. The van der Waals surface area contributed by atoms with Crippen molar-refractivity contribution in [3.8, 4) is 0 Å². The molecule has 1 fully saturated rings. The van der Waals surface area contributed by atoms with Gasteiger partial charge in [-0.3, -0.25) is 15.0 Å². The molecule has 2 amide bonds. The Hall–Kier alpha value is -1.47. The second-order valence-electron chi connectivity index (χ2n) is 3.90. The number of carbonyl (C=O) groups is 3. The molecule has 1 rings (SSSR count). The lowest BCUT2D eigenvalue weighted by atomic mass is 10.3. The maximum atomic E-state index is 10.2. The Morgan fingerprint density at radius 2 is 1.73 bits per heavy atom. The van der Waals surface area contributed by atoms with Gasteiger partial charge in [-0.2, -0.15) is 0 Å². The molecule has 0 radical (unpaired) electrons. The summed E-state index contributed by atoms with van der Waals surface area (Å²) in [6.45, 7) is 3.52. The summed E-state index contributed by atoms with van der Waals surface area (Å²) in [6, 6.07) is 0. The van der Waals surface area contributed by atoms with E-state index in [0.717, 1.165) is 13.1 Å². The third-order valence-corrected chi connectivity index (χ3v) is 2.12. The highest BCUT2D eigenvalue weighted by atomic mass is 32.1. The van der Waals surface area contributed by atoms with Gasteiger partial charge >= 0.3 is 6.09 Å². The van der Waals surface area contributed by atoms with Crippen molar-refractivity contribution in [2.24, 2.45) is 11.6 Å². The minimum Gasteiger partial charge on any atom is -0.465 e. The fourth-order valence-electron chi connectivity index (χ4n) is 1.24. The molecular formula is C10H24N6O4S2. The third kappa shape index (κ3) is 23.6. The van der Waals surface area contributed by atoms with E-state index < -0.39 is 12.0 Å². The molecule has 0 aromatic carbocycles. The van der Waals surface area contributed by atoms with E-state index in [1.807, 2.05) is 5.43 Å². The van der Waals surface area contributed by atoms with Crippen LogP contribution in [0.4, 0.5) is 4.79 Å². The standard InChI is InChI=1S/C5H10N2S2.C4H8N2O2.CH3NO2.H3N/c8-5(9)6-7-3-1-2-4-7;1-3(7)2-4(8)6-5;2-1(3)4;/h1-4H2,(H2,6,8,9);2,5H2,1H3,(H,6,8);2H2,(H,3,4);1H3. The summed E-state index contributed by atoms with van der Waals surface area (Å²) in [5.41, 5.74) is 8.83. The molecule has 0 unspecified atom stereocenters. The van der Waals surface area contributed by atoms with Crippen molar-refractivity contribution < 1.29 is 19.5 Å². The van der Waals surface area contributed by atoms with Crippen molar-refractivity contribution in [2.75, 3.05) is 13.1 Å². The number of primary amides is 1. The number of amides is 2. The normalized spacial score (nSPS) is 12.3. The Kier molecular flexibility index (Phi) is 18.4. The molecule has 0 aromatic heterocycles. The summed E-state index contributed by atoms with van der Waals surface area (Å²) >= 11 is 8.70. The molecule has 10 nitrogen and oxygen atoms in total. The van der Waals surface area contributed by atoms with Crippen LogP contribution in [0.15, 0.2) is 0 Å². The number of nitrogens with two attached hydrogens (primary N) is 2. The number of ketones is 1. The van der Waals surface area contributed by atoms with Gasteiger partial charge in [0.15, 0.2) is 0 Å². The highest BCUT2D eigenvalue weighted by Crippen LogP contribution is 2.03. The predicted molar refractivity (Wildman–Crippen MR) is 90.4 cm³/mol. The smallest absolute Gasteiger partial charge is 0.402 e. The molecule has 0 aliphatic carbocycles. The Morgan fingerprint density at radius 1 is 1.32 bits per heavy atom. The van der Waals surface area contributed by atoms with E-state index in [1.54, 1.807) is 0 Å². The lowest BCUT2D eigenvalue weighted by Crippen LogP contribution is -2.36. The van der Waals surface area contributed by atoms with E-state index in [0.29, 0.717) is 4.32 Å². The van der Waals surface area contributed by atoms with Crippen LogP contribution in [0, 0.1) is 0 Å². The number of thiocarbonyl (C=S) groups is 1. The SMILES string of the molecule is CC(=O)CC(=O)NN.N.NC(=O)O.S=C(S)NN1CCCC1. The Labute approximate surface area is 139 Å². The van der Waals surface area contributed by atoms with E-state index in [9.17, 15) is 9.59 Å². The highest BCUT2D eigenvalue weighted by molar-refractivity contribution is 8.11. The lowest BCUT2D eigenvalue weighted by Gasteiger charge is -2.14. The number of carbonyl (C=O) groups excluding carboxylic acids is 2. The number of carboxylic acid groups (broad SMARTS) is 1. The molecule has 0 saturated carbocycles. The zero-order chi connectivity index (χ0) is 16.8. The summed E-state index contributed by atoms with van der Waals surface area (Å²) in [7, 11) is 0. The van der Waals surface area contributed by atoms with Crippen LogP contribution in [0.25, 0.3) is 0 Å². The van der Waals surface area contributed by atoms with Crippen molar-refractivity contribution in [1.82, 2.24) is 22.0 Å². The average Bonchev–Trinajstić information content (AvgIpc) is 2.80. The fraction of sp³-hybridized carbons (Fsp3) is 0.600. The number of nitrogens with zero attached hydrogens (tertiary/aromatic N) is 1. The van der Waals surface area contributed by atoms with Crippen LogP contribution in [-0.2, 0) is 9.59 Å². The van der Waals surface area contributed by atoms with Crippen molar-refractivity contribution in [2.45, 2.75) is 26.2 Å². The number of hydrogen-bond acceptors (Lipinski definition) is 7. The van der Waals surface area contributed by atoms with Crippen LogP contribution >= 0.6 is 24.8 Å². The van der Waals surface area contributed by atoms with Gasteiger partial charge in [0.2, 0.25) is 5.91 Å². The highest BCUT2D eigenvalue weighted by Gasteiger charge is 2.10. The van der Waals surface area contributed by atoms with Crippen molar-refractivity contribution >= 4 is 47.0 Å². The van der Waals surface area contributed by atoms with Gasteiger partial charge in [0.05, 0.1) is 6.42 Å². The Balaban J connectivity index is -0.000000258. The van der Waals surface area contributed by atoms with E-state index in [4.69, 9.17) is 22.1 Å². The number of thiol groups is 1. The summed E-state index contributed by atoms with van der Waals surface area (Å²) in [5.74, 6) is 4.03. The van der Waals surface area contributed by atoms with Crippen LogP contribution in [0.5, 0.6) is 0 Å². The van der Waals surface area contributed by atoms with E-state index in [-0.39, 0.29) is 18.4 Å². The molecule has 0 aromatic rings. The van der Waals surface area contributed by atoms with Crippen LogP contribution in [0.3, 0.4) is 0 Å². The van der Waals surface area contributed by atoms with E-state index in [1.165, 1.54) is 19.8 Å². The van der Waals surface area contributed by atoms with Gasteiger partial charge in [0.1, 0.15) is 10.1 Å². The zero-order valence-corrected chi connectivity index (χ0v) is 14.1. The largest absolute Gasteiger partial charge is 0.465 e. The summed E-state index contributed by atoms with van der Waals surface area (Å²) < 4.78 is 0.567. The fourth-order valence-corrected chi connectivity index (χ4v) is 1.51. The zero-order valence-electron chi connectivity index (χ0n) is 12.4. The topological polar surface area (TPSA) is 186 Å². The van der Waals surface area contributed by atoms with Gasteiger partial charge in [0, 0.05) is 13.1 Å². The van der Waals surface area contributed by atoms with Crippen LogP contribution in [0.1, 0.15) is 26.2 Å². The first-order chi connectivity index (χ1) is 9.68. The molecule has 1 heterocycles. The van der Waals surface area contributed by atoms with Gasteiger partial charge in [-0.25, -0.2) is 15.6 Å². The van der Waals surface area contributed by atoms with Crippen LogP contribution in [-0.4, -0.2) is 45.3 Å². The molecular weight excluding hydrogens is 332 g/mol. The number of rotatable bonds is 3. The number of hydrazine groups is 2. The lowest BCUT2D eigenvalue weighted by molar-refractivity contribution is -0.127. The van der Waals surface area contributed by atoms with Gasteiger partial charge < -0.3 is 22.4 Å². The number of nitrogens with one attached hydrogen (secondary N) is 2. The van der Waals surface area contributed by atoms with Crippen molar-refractivity contribution in [1.29, 1.82) is 0 Å². The first kappa shape index (κ1) is 25.5. The third-order valence-electron chi connectivity index (χ3n) is 1.93. The minimum absolute atomic E-state index is 0. The van der Waals surface area contributed by atoms with Crippen LogP contribution in [0.2, 0.25) is 0 Å². The molecule has 0 spiro atoms. The van der Waals surface area contributed by atoms with Gasteiger partial charge in [-0.1, -0.05) is 12.2 Å². The van der Waals surface area contributed by atoms with Gasteiger partial charge in [-0.15, -0.1) is 12.6 Å². The first-order valence-corrected chi connectivity index (χ1v) is 6.76. The van der Waals surface area contributed by atoms with E-state index in [2.05, 4.69) is 34.6 Å². The first-order valence-electron chi connectivity index (χ1n) is 5.90. The molecule has 12 heteroatoms. The second-order valence-corrected chi connectivity index (χ2v) is 5.05. The maximum absolute atomic E-state index is 10.2. The number of hydrogen-bond donors (Lipinski definition) is 7. The molecule has 1 aliphatic rings. The second kappa shape index (κ2) is 15.9. The van der Waals surface area contributed by atoms with Crippen molar-refractivity contribution in [3.63, 3.8) is 0 Å². The number of Topliss-reactive ketones (excluding diaryl/α,β-unsaturated/α-hetero) is 1. The van der Waals surface area contributed by atoms with Crippen LogP contribution < -0.4 is 28.6 Å². The quantitative estimate of drug-likeness (QED) is 0.0877. The monoisotopic (exact) mass is 356 g/mol. The van der Waals surface area contributed by atoms with E-state index >= 15 is 0 Å². The summed E-state index contributed by atoms with van der Waals surface area (Å²) in [6.07, 6.45) is 1.07. The molecule has 1 saturated heterocycles. The summed E-state index contributed by atoms with van der Waals surface area (Å²) in [4.78, 5) is 29.0. The van der Waals surface area contributed by atoms with Gasteiger partial charge in [-0.05, 0) is 19.8 Å². The molecule has 130 valence electrons. The molecule has 0 bridgehead atoms. The molecule has 10 N–H and O–H groups in total. The molecule has 0 atom stereocenters. The summed E-state index contributed by atoms with van der Waals surface area (Å²) in [5, 5.41) is 9.29. The molecule has 22 heavy (non-hydrogen) atoms. The predicted octanol–water partition coefficient (Wildman–Crippen LogP) is -0.458. The van der Waals surface area contributed by atoms with Crippen molar-refractivity contribution in [3.05, 3.63) is 0 Å². The van der Waals surface area contributed by atoms with Gasteiger partial charge in [0.25, 0.3) is 0 Å².